The van der Waals surface area contributed by atoms with Crippen LogP contribution in [0.5, 0.6) is 11.5 Å². The van der Waals surface area contributed by atoms with Gasteiger partial charge in [-0.3, -0.25) is 10.1 Å². The summed E-state index contributed by atoms with van der Waals surface area (Å²) in [7, 11) is 1.54. The minimum atomic E-state index is -0.773. The number of aromatic nitrogens is 3. The van der Waals surface area contributed by atoms with Crippen molar-refractivity contribution in [3.63, 3.8) is 0 Å². The van der Waals surface area contributed by atoms with Gasteiger partial charge in [-0.05, 0) is 76.9 Å². The topological polar surface area (TPSA) is 107 Å². The molecule has 2 aromatic heterocycles. The summed E-state index contributed by atoms with van der Waals surface area (Å²) in [6, 6.07) is 14.5. The fourth-order valence-corrected chi connectivity index (χ4v) is 4.13. The summed E-state index contributed by atoms with van der Waals surface area (Å²) in [6.45, 7) is 1.74. The van der Waals surface area contributed by atoms with Crippen LogP contribution in [0.1, 0.15) is 16.1 Å². The Hall–Kier alpha value is -3.60. The van der Waals surface area contributed by atoms with E-state index in [0.717, 1.165) is 0 Å². The molecule has 0 fully saturated rings. The van der Waals surface area contributed by atoms with E-state index in [1.54, 1.807) is 49.4 Å². The molecule has 0 saturated carbocycles. The van der Waals surface area contributed by atoms with Crippen LogP contribution in [0.4, 0.5) is 16.2 Å². The number of nitrogens with one attached hydrogen (secondary N) is 2. The van der Waals surface area contributed by atoms with Crippen molar-refractivity contribution in [2.24, 2.45) is 0 Å². The number of amides is 2. The SMILES string of the molecule is COc1ccc(OC(=O)Nc2cc(Cl)cc(C)c2NC(=O)c2cc(Br)nn2-c2ncccc2Cl)cc1. The summed E-state index contributed by atoms with van der Waals surface area (Å²) in [4.78, 5) is 30.1. The van der Waals surface area contributed by atoms with E-state index in [9.17, 15) is 9.59 Å². The van der Waals surface area contributed by atoms with Crippen LogP contribution in [-0.4, -0.2) is 33.9 Å². The van der Waals surface area contributed by atoms with Crippen LogP contribution in [0, 0.1) is 6.92 Å². The molecule has 2 heterocycles. The molecule has 0 saturated heterocycles. The fourth-order valence-electron chi connectivity index (χ4n) is 3.28. The van der Waals surface area contributed by atoms with E-state index in [-0.39, 0.29) is 17.2 Å². The smallest absolute Gasteiger partial charge is 0.417 e. The summed E-state index contributed by atoms with van der Waals surface area (Å²) < 4.78 is 12.2. The van der Waals surface area contributed by atoms with Gasteiger partial charge >= 0.3 is 6.09 Å². The zero-order valence-electron chi connectivity index (χ0n) is 18.9. The Bertz CT molecular complexity index is 1440. The number of ether oxygens (including phenoxy) is 2. The molecule has 36 heavy (non-hydrogen) atoms. The van der Waals surface area contributed by atoms with E-state index in [1.807, 2.05) is 0 Å². The molecule has 4 aromatic rings. The maximum atomic E-state index is 13.3. The summed E-state index contributed by atoms with van der Waals surface area (Å²) in [5.74, 6) is 0.686. The highest BCUT2D eigenvalue weighted by Crippen LogP contribution is 2.32. The highest BCUT2D eigenvalue weighted by Gasteiger charge is 2.21. The number of carbonyl (C=O) groups excluding carboxylic acids is 2. The second-order valence-electron chi connectivity index (χ2n) is 7.36. The number of methoxy groups -OCH3 is 1. The molecule has 0 unspecified atom stereocenters. The van der Waals surface area contributed by atoms with Crippen molar-refractivity contribution in [2.75, 3.05) is 17.7 Å². The standard InChI is InChI=1S/C24H18BrCl2N5O4/c1-13-10-14(26)11-18(29-24(34)36-16-7-5-15(35-2)6-8-16)21(13)30-23(33)19-12-20(25)31-32(19)22-17(27)4-3-9-28-22/h3-12H,1-2H3,(H,29,34)(H,30,33). The van der Waals surface area contributed by atoms with Crippen LogP contribution < -0.4 is 20.1 Å². The van der Waals surface area contributed by atoms with Gasteiger partial charge in [0.2, 0.25) is 0 Å². The van der Waals surface area contributed by atoms with Crippen molar-refractivity contribution >= 4 is 62.5 Å². The summed E-state index contributed by atoms with van der Waals surface area (Å²) >= 11 is 15.8. The van der Waals surface area contributed by atoms with E-state index < -0.39 is 12.0 Å². The van der Waals surface area contributed by atoms with Crippen LogP contribution in [0.3, 0.4) is 0 Å². The summed E-state index contributed by atoms with van der Waals surface area (Å²) in [6.07, 6.45) is 0.767. The number of aryl methyl sites for hydroxylation is 1. The Morgan fingerprint density at radius 3 is 2.44 bits per heavy atom. The number of rotatable bonds is 6. The van der Waals surface area contributed by atoms with Gasteiger partial charge in [0, 0.05) is 17.3 Å². The predicted octanol–water partition coefficient (Wildman–Crippen LogP) is 6.52. The van der Waals surface area contributed by atoms with Gasteiger partial charge in [0.05, 0.1) is 23.5 Å². The lowest BCUT2D eigenvalue weighted by molar-refractivity contribution is 0.101. The van der Waals surface area contributed by atoms with Crippen molar-refractivity contribution in [1.82, 2.24) is 14.8 Å². The molecule has 4 rings (SSSR count). The highest BCUT2D eigenvalue weighted by molar-refractivity contribution is 9.10. The van der Waals surface area contributed by atoms with Crippen molar-refractivity contribution < 1.29 is 19.1 Å². The average Bonchev–Trinajstić information content (AvgIpc) is 3.23. The van der Waals surface area contributed by atoms with Gasteiger partial charge in [0.1, 0.15) is 21.8 Å². The van der Waals surface area contributed by atoms with Crippen LogP contribution in [-0.2, 0) is 0 Å². The third-order valence-electron chi connectivity index (χ3n) is 4.90. The van der Waals surface area contributed by atoms with Gasteiger partial charge < -0.3 is 14.8 Å². The fraction of sp³-hybridized carbons (Fsp3) is 0.0833. The molecular weight excluding hydrogens is 573 g/mol. The number of nitrogens with zero attached hydrogens (tertiary/aromatic N) is 3. The van der Waals surface area contributed by atoms with E-state index in [4.69, 9.17) is 32.7 Å². The van der Waals surface area contributed by atoms with Gasteiger partial charge in [-0.2, -0.15) is 5.10 Å². The van der Waals surface area contributed by atoms with E-state index in [0.29, 0.717) is 37.4 Å². The molecular formula is C24H18BrCl2N5O4. The van der Waals surface area contributed by atoms with Crippen molar-refractivity contribution in [3.05, 3.63) is 86.7 Å². The summed E-state index contributed by atoms with van der Waals surface area (Å²) in [5.41, 5.74) is 1.33. The number of carbonyl (C=O) groups is 2. The quantitative estimate of drug-likeness (QED) is 0.265. The Labute approximate surface area is 224 Å². The first-order valence-corrected chi connectivity index (χ1v) is 11.9. The Morgan fingerprint density at radius 2 is 1.75 bits per heavy atom. The number of anilines is 2. The molecule has 2 amide bonds. The minimum absolute atomic E-state index is 0.156. The first kappa shape index (κ1) is 25.5. The number of halogens is 3. The third kappa shape index (κ3) is 5.78. The zero-order valence-corrected chi connectivity index (χ0v) is 22.0. The molecule has 0 aliphatic rings. The number of hydrogen-bond acceptors (Lipinski definition) is 6. The Balaban J connectivity index is 1.60. The molecule has 0 atom stereocenters. The maximum absolute atomic E-state index is 13.3. The largest absolute Gasteiger partial charge is 0.497 e. The van der Waals surface area contributed by atoms with Crippen molar-refractivity contribution in [2.45, 2.75) is 6.92 Å². The van der Waals surface area contributed by atoms with Crippen LogP contribution in [0.25, 0.3) is 5.82 Å². The van der Waals surface area contributed by atoms with E-state index in [1.165, 1.54) is 30.1 Å². The monoisotopic (exact) mass is 589 g/mol. The average molecular weight is 591 g/mol. The zero-order chi connectivity index (χ0) is 25.8. The molecule has 0 aliphatic heterocycles. The van der Waals surface area contributed by atoms with Crippen LogP contribution >= 0.6 is 39.1 Å². The van der Waals surface area contributed by atoms with E-state index in [2.05, 4.69) is 36.6 Å². The lowest BCUT2D eigenvalue weighted by Gasteiger charge is -2.16. The highest BCUT2D eigenvalue weighted by atomic mass is 79.9. The normalized spacial score (nSPS) is 10.6. The van der Waals surface area contributed by atoms with Crippen molar-refractivity contribution in [3.8, 4) is 17.3 Å². The van der Waals surface area contributed by atoms with Gasteiger partial charge in [-0.15, -0.1) is 0 Å². The minimum Gasteiger partial charge on any atom is -0.497 e. The van der Waals surface area contributed by atoms with Gasteiger partial charge in [0.15, 0.2) is 5.82 Å². The van der Waals surface area contributed by atoms with Gasteiger partial charge in [0.25, 0.3) is 5.91 Å². The molecule has 0 radical (unpaired) electrons. The van der Waals surface area contributed by atoms with E-state index >= 15 is 0 Å². The van der Waals surface area contributed by atoms with Crippen molar-refractivity contribution in [1.29, 1.82) is 0 Å². The molecule has 0 spiro atoms. The molecule has 0 aliphatic carbocycles. The van der Waals surface area contributed by atoms with Crippen LogP contribution in [0.2, 0.25) is 10.0 Å². The second kappa shape index (κ2) is 11.0. The molecule has 0 bridgehead atoms. The number of benzene rings is 2. The number of hydrogen-bond donors (Lipinski definition) is 2. The molecule has 9 nitrogen and oxygen atoms in total. The third-order valence-corrected chi connectivity index (χ3v) is 5.80. The van der Waals surface area contributed by atoms with Gasteiger partial charge in [-0.25, -0.2) is 14.5 Å². The summed E-state index contributed by atoms with van der Waals surface area (Å²) in [5, 5.41) is 10.4. The first-order valence-electron chi connectivity index (χ1n) is 10.4. The molecule has 12 heteroatoms. The van der Waals surface area contributed by atoms with Gasteiger partial charge in [-0.1, -0.05) is 23.2 Å². The maximum Gasteiger partial charge on any atom is 0.417 e. The first-order chi connectivity index (χ1) is 17.2. The Kier molecular flexibility index (Phi) is 7.78. The Morgan fingerprint density at radius 1 is 1.03 bits per heavy atom. The van der Waals surface area contributed by atoms with Crippen LogP contribution in [0.15, 0.2) is 65.4 Å². The molecule has 2 aromatic carbocycles. The lowest BCUT2D eigenvalue weighted by Crippen LogP contribution is -2.21. The second-order valence-corrected chi connectivity index (χ2v) is 9.02. The molecule has 2 N–H and O–H groups in total. The number of pyridine rings is 1. The lowest BCUT2D eigenvalue weighted by atomic mass is 10.1. The predicted molar refractivity (Wildman–Crippen MR) is 141 cm³/mol. The molecule has 184 valence electrons.